The number of anilines is 1. The van der Waals surface area contributed by atoms with Gasteiger partial charge >= 0.3 is 0 Å². The zero-order valence-corrected chi connectivity index (χ0v) is 10.0. The molecular formula is C11H13BrN2O. The second-order valence-corrected chi connectivity index (χ2v) is 4.15. The van der Waals surface area contributed by atoms with E-state index in [4.69, 9.17) is 5.73 Å². The summed E-state index contributed by atoms with van der Waals surface area (Å²) in [5.74, 6) is -0.193. The first-order valence-electron chi connectivity index (χ1n) is 4.53. The number of nitrogens with two attached hydrogens (primary N) is 1. The van der Waals surface area contributed by atoms with E-state index in [1.807, 2.05) is 6.92 Å². The Balaban J connectivity index is 2.90. The van der Waals surface area contributed by atoms with E-state index in [1.54, 1.807) is 24.3 Å². The van der Waals surface area contributed by atoms with E-state index < -0.39 is 0 Å². The summed E-state index contributed by atoms with van der Waals surface area (Å²) in [6.45, 7) is 5.44. The van der Waals surface area contributed by atoms with Crippen LogP contribution in [0.4, 0.5) is 5.69 Å². The first-order chi connectivity index (χ1) is 7.04. The van der Waals surface area contributed by atoms with Crippen molar-refractivity contribution in [3.05, 3.63) is 40.9 Å². The average Bonchev–Trinajstić information content (AvgIpc) is 2.21. The van der Waals surface area contributed by atoms with E-state index in [-0.39, 0.29) is 11.9 Å². The Morgan fingerprint density at radius 3 is 2.93 bits per heavy atom. The van der Waals surface area contributed by atoms with Gasteiger partial charge in [0.1, 0.15) is 0 Å². The van der Waals surface area contributed by atoms with Crippen LogP contribution in [0, 0.1) is 0 Å². The van der Waals surface area contributed by atoms with Gasteiger partial charge in [0, 0.05) is 16.2 Å². The van der Waals surface area contributed by atoms with Gasteiger partial charge in [-0.05, 0) is 25.1 Å². The van der Waals surface area contributed by atoms with Crippen molar-refractivity contribution in [2.24, 2.45) is 0 Å². The van der Waals surface area contributed by atoms with Crippen molar-refractivity contribution in [2.45, 2.75) is 13.0 Å². The van der Waals surface area contributed by atoms with Crippen LogP contribution in [0.5, 0.6) is 0 Å². The Kier molecular flexibility index (Phi) is 3.91. The van der Waals surface area contributed by atoms with Crippen LogP contribution in [0.1, 0.15) is 17.3 Å². The highest BCUT2D eigenvalue weighted by Crippen LogP contribution is 2.18. The molecule has 0 saturated heterocycles. The third kappa shape index (κ3) is 3.09. The van der Waals surface area contributed by atoms with Gasteiger partial charge in [0.2, 0.25) is 0 Å². The maximum atomic E-state index is 11.7. The molecule has 0 heterocycles. The maximum Gasteiger partial charge on any atom is 0.253 e. The van der Waals surface area contributed by atoms with Gasteiger partial charge < -0.3 is 11.1 Å². The molecule has 0 saturated carbocycles. The first-order valence-corrected chi connectivity index (χ1v) is 5.32. The number of carbonyl (C=O) groups excluding carboxylic acids is 1. The summed E-state index contributed by atoms with van der Waals surface area (Å²) in [5, 5.41) is 2.76. The van der Waals surface area contributed by atoms with Crippen LogP contribution < -0.4 is 11.1 Å². The van der Waals surface area contributed by atoms with Crippen molar-refractivity contribution < 1.29 is 4.79 Å². The van der Waals surface area contributed by atoms with Crippen molar-refractivity contribution in [3.8, 4) is 0 Å². The molecule has 1 amide bonds. The van der Waals surface area contributed by atoms with Crippen molar-refractivity contribution >= 4 is 27.5 Å². The van der Waals surface area contributed by atoms with E-state index >= 15 is 0 Å². The largest absolute Gasteiger partial charge is 0.398 e. The fraction of sp³-hybridized carbons (Fsp3) is 0.182. The standard InChI is InChI=1S/C11H13BrN2O/c1-3-7(2)14-11(15)9-6-8(12)4-5-10(9)13/h3-7H,1,13H2,2H3,(H,14,15). The minimum absolute atomic E-state index is 0.0733. The third-order valence-electron chi connectivity index (χ3n) is 1.97. The molecule has 0 aliphatic rings. The molecule has 1 aromatic carbocycles. The number of benzene rings is 1. The Labute approximate surface area is 97.5 Å². The molecule has 0 aliphatic carbocycles. The number of carbonyl (C=O) groups is 1. The van der Waals surface area contributed by atoms with E-state index in [0.29, 0.717) is 11.3 Å². The Bertz CT molecular complexity index is 390. The highest BCUT2D eigenvalue weighted by molar-refractivity contribution is 9.10. The molecule has 1 unspecified atom stereocenters. The number of hydrogen-bond donors (Lipinski definition) is 2. The molecular weight excluding hydrogens is 256 g/mol. The van der Waals surface area contributed by atoms with Crippen LogP contribution in [0.3, 0.4) is 0 Å². The molecule has 3 nitrogen and oxygen atoms in total. The fourth-order valence-corrected chi connectivity index (χ4v) is 1.43. The zero-order chi connectivity index (χ0) is 11.4. The minimum atomic E-state index is -0.193. The monoisotopic (exact) mass is 268 g/mol. The predicted molar refractivity (Wildman–Crippen MR) is 65.7 cm³/mol. The number of amides is 1. The highest BCUT2D eigenvalue weighted by atomic mass is 79.9. The first kappa shape index (κ1) is 11.8. The lowest BCUT2D eigenvalue weighted by atomic mass is 10.1. The van der Waals surface area contributed by atoms with Crippen molar-refractivity contribution in [3.63, 3.8) is 0 Å². The van der Waals surface area contributed by atoms with Crippen LogP contribution in [-0.4, -0.2) is 11.9 Å². The highest BCUT2D eigenvalue weighted by Gasteiger charge is 2.11. The molecule has 15 heavy (non-hydrogen) atoms. The van der Waals surface area contributed by atoms with Crippen molar-refractivity contribution in [1.29, 1.82) is 0 Å². The lowest BCUT2D eigenvalue weighted by Gasteiger charge is -2.11. The molecule has 0 fully saturated rings. The second-order valence-electron chi connectivity index (χ2n) is 3.23. The van der Waals surface area contributed by atoms with E-state index in [9.17, 15) is 4.79 Å². The van der Waals surface area contributed by atoms with Gasteiger partial charge in [-0.25, -0.2) is 0 Å². The van der Waals surface area contributed by atoms with Gasteiger partial charge in [-0.1, -0.05) is 22.0 Å². The number of hydrogen-bond acceptors (Lipinski definition) is 2. The molecule has 0 aliphatic heterocycles. The Hall–Kier alpha value is -1.29. The summed E-state index contributed by atoms with van der Waals surface area (Å²) in [5.41, 5.74) is 6.64. The topological polar surface area (TPSA) is 55.1 Å². The molecule has 0 radical (unpaired) electrons. The number of rotatable bonds is 3. The average molecular weight is 269 g/mol. The number of nitrogen functional groups attached to an aromatic ring is 1. The number of nitrogens with one attached hydrogen (secondary N) is 1. The summed E-state index contributed by atoms with van der Waals surface area (Å²) in [7, 11) is 0. The molecule has 0 spiro atoms. The fourth-order valence-electron chi connectivity index (χ4n) is 1.07. The molecule has 80 valence electrons. The van der Waals surface area contributed by atoms with E-state index in [2.05, 4.69) is 27.8 Å². The SMILES string of the molecule is C=CC(C)NC(=O)c1cc(Br)ccc1N. The molecule has 1 rings (SSSR count). The summed E-state index contributed by atoms with van der Waals surface area (Å²) >= 11 is 3.29. The van der Waals surface area contributed by atoms with Crippen LogP contribution in [0.2, 0.25) is 0 Å². The second kappa shape index (κ2) is 4.98. The maximum absolute atomic E-state index is 11.7. The predicted octanol–water partition coefficient (Wildman–Crippen LogP) is 2.34. The molecule has 4 heteroatoms. The summed E-state index contributed by atoms with van der Waals surface area (Å²) in [6, 6.07) is 5.11. The van der Waals surface area contributed by atoms with Gasteiger partial charge in [0.05, 0.1) is 5.56 Å². The zero-order valence-electron chi connectivity index (χ0n) is 8.46. The molecule has 1 aromatic rings. The Morgan fingerprint density at radius 1 is 1.67 bits per heavy atom. The molecule has 0 bridgehead atoms. The lowest BCUT2D eigenvalue weighted by molar-refractivity contribution is 0.0948. The van der Waals surface area contributed by atoms with Gasteiger partial charge in [-0.3, -0.25) is 4.79 Å². The normalized spacial score (nSPS) is 11.9. The van der Waals surface area contributed by atoms with Crippen LogP contribution >= 0.6 is 15.9 Å². The third-order valence-corrected chi connectivity index (χ3v) is 2.47. The van der Waals surface area contributed by atoms with Crippen molar-refractivity contribution in [1.82, 2.24) is 5.32 Å². The van der Waals surface area contributed by atoms with E-state index in [1.165, 1.54) is 0 Å². The van der Waals surface area contributed by atoms with Gasteiger partial charge in [-0.2, -0.15) is 0 Å². The molecule has 3 N–H and O–H groups in total. The number of halogens is 1. The minimum Gasteiger partial charge on any atom is -0.398 e. The van der Waals surface area contributed by atoms with Gasteiger partial charge in [-0.15, -0.1) is 6.58 Å². The summed E-state index contributed by atoms with van der Waals surface area (Å²) in [6.07, 6.45) is 1.66. The van der Waals surface area contributed by atoms with E-state index in [0.717, 1.165) is 4.47 Å². The molecule has 0 aromatic heterocycles. The Morgan fingerprint density at radius 2 is 2.33 bits per heavy atom. The smallest absolute Gasteiger partial charge is 0.253 e. The summed E-state index contributed by atoms with van der Waals surface area (Å²) in [4.78, 5) is 11.7. The van der Waals surface area contributed by atoms with Crippen molar-refractivity contribution in [2.75, 3.05) is 5.73 Å². The summed E-state index contributed by atoms with van der Waals surface area (Å²) < 4.78 is 0.827. The van der Waals surface area contributed by atoms with Gasteiger partial charge in [0.25, 0.3) is 5.91 Å². The lowest BCUT2D eigenvalue weighted by Crippen LogP contribution is -2.31. The van der Waals surface area contributed by atoms with Crippen LogP contribution in [-0.2, 0) is 0 Å². The molecule has 1 atom stereocenters. The van der Waals surface area contributed by atoms with Crippen LogP contribution in [0.15, 0.2) is 35.3 Å². The quantitative estimate of drug-likeness (QED) is 0.653. The van der Waals surface area contributed by atoms with Crippen LogP contribution in [0.25, 0.3) is 0 Å². The van der Waals surface area contributed by atoms with Gasteiger partial charge in [0.15, 0.2) is 0 Å².